The number of aromatic nitrogens is 3. The fraction of sp³-hybridized carbons (Fsp3) is 0.296. The van der Waals surface area contributed by atoms with Crippen molar-refractivity contribution in [3.63, 3.8) is 0 Å². The van der Waals surface area contributed by atoms with Crippen LogP contribution in [0.1, 0.15) is 35.3 Å². The first-order valence-corrected chi connectivity index (χ1v) is 11.5. The average molecular weight is 440 g/mol. The third-order valence-electron chi connectivity index (χ3n) is 6.61. The van der Waals surface area contributed by atoms with Gasteiger partial charge in [0.2, 0.25) is 0 Å². The molecule has 0 spiro atoms. The number of benzene rings is 1. The Morgan fingerprint density at radius 3 is 2.45 bits per heavy atom. The van der Waals surface area contributed by atoms with E-state index < -0.39 is 0 Å². The zero-order valence-corrected chi connectivity index (χ0v) is 19.1. The van der Waals surface area contributed by atoms with Gasteiger partial charge >= 0.3 is 0 Å². The van der Waals surface area contributed by atoms with Crippen LogP contribution in [0, 0.1) is 0 Å². The number of hydrogen-bond donors (Lipinski definition) is 0. The minimum atomic E-state index is 0.434. The van der Waals surface area contributed by atoms with Gasteiger partial charge in [0.05, 0.1) is 11.9 Å². The summed E-state index contributed by atoms with van der Waals surface area (Å²) in [5.74, 6) is 0. The molecule has 6 heteroatoms. The van der Waals surface area contributed by atoms with Crippen molar-refractivity contribution in [3.05, 3.63) is 90.0 Å². The molecule has 1 fully saturated rings. The first-order valence-electron chi connectivity index (χ1n) is 11.5. The molecule has 168 valence electrons. The van der Waals surface area contributed by atoms with E-state index in [1.165, 1.54) is 11.3 Å². The lowest BCUT2D eigenvalue weighted by atomic mass is 10.1. The Kier molecular flexibility index (Phi) is 5.92. The van der Waals surface area contributed by atoms with Crippen molar-refractivity contribution in [1.29, 1.82) is 0 Å². The van der Waals surface area contributed by atoms with Crippen LogP contribution in [-0.2, 0) is 13.1 Å². The number of aldehydes is 1. The molecule has 1 aromatic carbocycles. The number of piperazine rings is 1. The highest BCUT2D eigenvalue weighted by Crippen LogP contribution is 2.26. The summed E-state index contributed by atoms with van der Waals surface area (Å²) in [7, 11) is 0. The van der Waals surface area contributed by atoms with E-state index in [1.54, 1.807) is 0 Å². The van der Waals surface area contributed by atoms with Gasteiger partial charge in [-0.15, -0.1) is 0 Å². The second-order valence-corrected chi connectivity index (χ2v) is 9.05. The average Bonchev–Trinajstić information content (AvgIpc) is 3.24. The van der Waals surface area contributed by atoms with Crippen LogP contribution in [0.3, 0.4) is 0 Å². The Bertz CT molecular complexity index is 1220. The van der Waals surface area contributed by atoms with Crippen LogP contribution >= 0.6 is 0 Å². The quantitative estimate of drug-likeness (QED) is 0.417. The van der Waals surface area contributed by atoms with Gasteiger partial charge in [0.15, 0.2) is 0 Å². The van der Waals surface area contributed by atoms with E-state index in [0.717, 1.165) is 49.1 Å². The van der Waals surface area contributed by atoms with Gasteiger partial charge in [0, 0.05) is 67.8 Å². The molecule has 2 atom stereocenters. The molecule has 1 aliphatic rings. The molecule has 4 aromatic rings. The third-order valence-corrected chi connectivity index (χ3v) is 6.61. The Hall–Kier alpha value is -3.51. The highest BCUT2D eigenvalue weighted by Gasteiger charge is 2.29. The maximum atomic E-state index is 10.9. The Morgan fingerprint density at radius 1 is 0.970 bits per heavy atom. The largest absolute Gasteiger partial charge is 0.367 e. The summed E-state index contributed by atoms with van der Waals surface area (Å²) in [6, 6.07) is 17.1. The molecule has 0 radical (unpaired) electrons. The standard InChI is InChI=1S/C27H29N5O/c1-20-15-31(16-21(2)32(20)18-24-4-3-10-28-13-24)26-12-25-9-11-30(27(25)29-14-26)17-22-5-7-23(19-33)8-6-22/h3-14,19-21H,15-18H2,1-2H3. The molecule has 0 N–H and O–H groups in total. The van der Waals surface area contributed by atoms with E-state index in [0.29, 0.717) is 17.6 Å². The van der Waals surface area contributed by atoms with Crippen LogP contribution in [0.5, 0.6) is 0 Å². The van der Waals surface area contributed by atoms with Gasteiger partial charge in [-0.1, -0.05) is 30.3 Å². The maximum absolute atomic E-state index is 10.9. The Labute approximate surface area is 194 Å². The molecule has 1 aliphatic heterocycles. The fourth-order valence-corrected chi connectivity index (χ4v) is 4.85. The Morgan fingerprint density at radius 2 is 1.76 bits per heavy atom. The highest BCUT2D eigenvalue weighted by atomic mass is 16.1. The number of hydrogen-bond acceptors (Lipinski definition) is 5. The van der Waals surface area contributed by atoms with E-state index in [9.17, 15) is 4.79 Å². The highest BCUT2D eigenvalue weighted by molar-refractivity contribution is 5.80. The minimum absolute atomic E-state index is 0.434. The van der Waals surface area contributed by atoms with Crippen LogP contribution in [0.2, 0.25) is 0 Å². The van der Waals surface area contributed by atoms with Crippen molar-refractivity contribution in [3.8, 4) is 0 Å². The summed E-state index contributed by atoms with van der Waals surface area (Å²) < 4.78 is 2.16. The van der Waals surface area contributed by atoms with Crippen LogP contribution in [0.25, 0.3) is 11.0 Å². The van der Waals surface area contributed by atoms with Gasteiger partial charge in [-0.05, 0) is 43.2 Å². The number of rotatable bonds is 6. The fourth-order valence-electron chi connectivity index (χ4n) is 4.85. The maximum Gasteiger partial charge on any atom is 0.150 e. The van der Waals surface area contributed by atoms with Crippen molar-refractivity contribution in [2.75, 3.05) is 18.0 Å². The number of carbonyl (C=O) groups is 1. The molecule has 4 heterocycles. The summed E-state index contributed by atoms with van der Waals surface area (Å²) in [6.45, 7) is 8.21. The summed E-state index contributed by atoms with van der Waals surface area (Å²) in [5.41, 5.74) is 5.26. The molecule has 33 heavy (non-hydrogen) atoms. The summed E-state index contributed by atoms with van der Waals surface area (Å²) >= 11 is 0. The van der Waals surface area contributed by atoms with E-state index in [4.69, 9.17) is 4.98 Å². The molecule has 2 unspecified atom stereocenters. The van der Waals surface area contributed by atoms with Crippen LogP contribution in [0.4, 0.5) is 5.69 Å². The van der Waals surface area contributed by atoms with Gasteiger partial charge in [-0.3, -0.25) is 14.7 Å². The molecule has 0 bridgehead atoms. The second-order valence-electron chi connectivity index (χ2n) is 9.05. The van der Waals surface area contributed by atoms with Crippen molar-refractivity contribution in [1.82, 2.24) is 19.4 Å². The predicted octanol–water partition coefficient (Wildman–Crippen LogP) is 4.39. The van der Waals surface area contributed by atoms with Crippen molar-refractivity contribution >= 4 is 23.0 Å². The predicted molar refractivity (Wildman–Crippen MR) is 132 cm³/mol. The molecule has 1 saturated heterocycles. The molecule has 0 amide bonds. The van der Waals surface area contributed by atoms with E-state index in [1.807, 2.05) is 48.9 Å². The molecule has 6 nitrogen and oxygen atoms in total. The molecule has 3 aromatic heterocycles. The summed E-state index contributed by atoms with van der Waals surface area (Å²) in [4.78, 5) is 25.0. The molecule has 0 saturated carbocycles. The van der Waals surface area contributed by atoms with Crippen LogP contribution < -0.4 is 4.90 Å². The third kappa shape index (κ3) is 4.52. The normalized spacial score (nSPS) is 19.2. The summed E-state index contributed by atoms with van der Waals surface area (Å²) in [5, 5.41) is 1.15. The van der Waals surface area contributed by atoms with Crippen LogP contribution in [0.15, 0.2) is 73.3 Å². The van der Waals surface area contributed by atoms with Gasteiger partial charge in [-0.25, -0.2) is 4.98 Å². The van der Waals surface area contributed by atoms with Crippen molar-refractivity contribution < 1.29 is 4.79 Å². The van der Waals surface area contributed by atoms with Crippen molar-refractivity contribution in [2.24, 2.45) is 0 Å². The first-order chi connectivity index (χ1) is 16.1. The van der Waals surface area contributed by atoms with Gasteiger partial charge in [-0.2, -0.15) is 0 Å². The number of carbonyl (C=O) groups excluding carboxylic acids is 1. The van der Waals surface area contributed by atoms with E-state index in [-0.39, 0.29) is 0 Å². The molecule has 5 rings (SSSR count). The van der Waals surface area contributed by atoms with E-state index in [2.05, 4.69) is 57.6 Å². The zero-order chi connectivity index (χ0) is 22.8. The number of fused-ring (bicyclic) bond motifs is 1. The molecular formula is C27H29N5O. The second kappa shape index (κ2) is 9.16. The first kappa shape index (κ1) is 21.3. The minimum Gasteiger partial charge on any atom is -0.367 e. The Balaban J connectivity index is 1.30. The number of nitrogens with zero attached hydrogens (tertiary/aromatic N) is 5. The zero-order valence-electron chi connectivity index (χ0n) is 19.1. The molecular weight excluding hydrogens is 410 g/mol. The SMILES string of the molecule is CC1CN(c2cnc3c(ccn3Cc3ccc(C=O)cc3)c2)CC(C)N1Cc1cccnc1. The van der Waals surface area contributed by atoms with E-state index >= 15 is 0 Å². The monoisotopic (exact) mass is 439 g/mol. The van der Waals surface area contributed by atoms with Gasteiger partial charge < -0.3 is 9.47 Å². The summed E-state index contributed by atoms with van der Waals surface area (Å²) in [6.07, 6.45) is 8.76. The lowest BCUT2D eigenvalue weighted by Crippen LogP contribution is -2.56. The topological polar surface area (TPSA) is 54.3 Å². The van der Waals surface area contributed by atoms with Gasteiger partial charge in [0.25, 0.3) is 0 Å². The lowest BCUT2D eigenvalue weighted by molar-refractivity contribution is 0.112. The number of anilines is 1. The van der Waals surface area contributed by atoms with Crippen LogP contribution in [-0.4, -0.2) is 50.9 Å². The van der Waals surface area contributed by atoms with Crippen molar-refractivity contribution in [2.45, 2.75) is 39.0 Å². The number of pyridine rings is 2. The molecule has 0 aliphatic carbocycles. The smallest absolute Gasteiger partial charge is 0.150 e. The van der Waals surface area contributed by atoms with Gasteiger partial charge in [0.1, 0.15) is 11.9 Å². The lowest BCUT2D eigenvalue weighted by Gasteiger charge is -2.45.